The zero-order valence-electron chi connectivity index (χ0n) is 14.6. The van der Waals surface area contributed by atoms with E-state index in [4.69, 9.17) is 4.52 Å². The van der Waals surface area contributed by atoms with Gasteiger partial charge in [0.2, 0.25) is 17.6 Å². The van der Waals surface area contributed by atoms with Crippen LogP contribution in [-0.4, -0.2) is 22.0 Å². The highest BCUT2D eigenvalue weighted by Crippen LogP contribution is 2.16. The van der Waals surface area contributed by atoms with Gasteiger partial charge in [0.15, 0.2) is 0 Å². The molecule has 7 nitrogen and oxygen atoms in total. The molecule has 1 aromatic heterocycles. The molecule has 2 N–H and O–H groups in total. The van der Waals surface area contributed by atoms with E-state index in [-0.39, 0.29) is 17.8 Å². The third-order valence-corrected chi connectivity index (χ3v) is 3.80. The zero-order chi connectivity index (χ0) is 19.9. The molecule has 0 bridgehead atoms. The fourth-order valence-electron chi connectivity index (χ4n) is 2.37. The molecule has 2 aromatic carbocycles. The minimum absolute atomic E-state index is 0.0891. The lowest BCUT2D eigenvalue weighted by Crippen LogP contribution is -2.41. The highest BCUT2D eigenvalue weighted by atomic mass is 19.1. The van der Waals surface area contributed by atoms with E-state index in [1.54, 1.807) is 0 Å². The third kappa shape index (κ3) is 4.97. The van der Waals surface area contributed by atoms with Crippen LogP contribution < -0.4 is 10.9 Å². The topological polar surface area (TPSA) is 97.1 Å². The Kier molecular flexibility index (Phi) is 6.05. The number of carbonyl (C=O) groups excluding carboxylic acids is 2. The number of nitrogens with one attached hydrogen (secondary N) is 2. The predicted octanol–water partition coefficient (Wildman–Crippen LogP) is 2.80. The molecule has 3 aromatic rings. The molecule has 144 valence electrons. The summed E-state index contributed by atoms with van der Waals surface area (Å²) in [6, 6.07) is 11.1. The molecular weight excluding hydrogens is 370 g/mol. The molecule has 0 spiro atoms. The van der Waals surface area contributed by atoms with Gasteiger partial charge in [-0.3, -0.25) is 20.4 Å². The molecule has 1 heterocycles. The first-order chi connectivity index (χ1) is 13.5. The van der Waals surface area contributed by atoms with Crippen LogP contribution in [0.1, 0.15) is 29.1 Å². The van der Waals surface area contributed by atoms with Crippen molar-refractivity contribution in [3.8, 4) is 11.4 Å². The van der Waals surface area contributed by atoms with Crippen molar-refractivity contribution in [3.63, 3.8) is 0 Å². The molecule has 0 fully saturated rings. The highest BCUT2D eigenvalue weighted by molar-refractivity contribution is 5.95. The van der Waals surface area contributed by atoms with Crippen molar-refractivity contribution in [1.82, 2.24) is 21.0 Å². The van der Waals surface area contributed by atoms with E-state index in [1.165, 1.54) is 42.5 Å². The molecule has 0 atom stereocenters. The van der Waals surface area contributed by atoms with E-state index in [9.17, 15) is 18.4 Å². The van der Waals surface area contributed by atoms with Crippen LogP contribution in [0.3, 0.4) is 0 Å². The summed E-state index contributed by atoms with van der Waals surface area (Å²) in [5.41, 5.74) is 4.83. The van der Waals surface area contributed by atoms with Crippen molar-refractivity contribution in [2.45, 2.75) is 19.3 Å². The average Bonchev–Trinajstić information content (AvgIpc) is 3.16. The van der Waals surface area contributed by atoms with E-state index in [2.05, 4.69) is 21.0 Å². The predicted molar refractivity (Wildman–Crippen MR) is 94.6 cm³/mol. The first-order valence-corrected chi connectivity index (χ1v) is 8.45. The SMILES string of the molecule is O=C(CCCc1nc(-c2ccc(F)cc2)no1)NNC(=O)c1ccccc1F. The largest absolute Gasteiger partial charge is 0.339 e. The number of benzene rings is 2. The number of nitrogens with zero attached hydrogens (tertiary/aromatic N) is 2. The van der Waals surface area contributed by atoms with Crippen molar-refractivity contribution < 1.29 is 22.9 Å². The maximum absolute atomic E-state index is 13.5. The van der Waals surface area contributed by atoms with Crippen LogP contribution in [0.25, 0.3) is 11.4 Å². The van der Waals surface area contributed by atoms with Crippen molar-refractivity contribution in [3.05, 3.63) is 71.6 Å². The summed E-state index contributed by atoms with van der Waals surface area (Å²) in [4.78, 5) is 27.8. The monoisotopic (exact) mass is 386 g/mol. The molecule has 0 saturated carbocycles. The Morgan fingerprint density at radius 1 is 1.00 bits per heavy atom. The van der Waals surface area contributed by atoms with Crippen molar-refractivity contribution in [1.29, 1.82) is 0 Å². The Morgan fingerprint density at radius 3 is 2.50 bits per heavy atom. The maximum atomic E-state index is 13.5. The molecule has 9 heteroatoms. The van der Waals surface area contributed by atoms with Gasteiger partial charge in [-0.1, -0.05) is 17.3 Å². The Balaban J connectivity index is 1.42. The fraction of sp³-hybridized carbons (Fsp3) is 0.158. The molecule has 0 unspecified atom stereocenters. The van der Waals surface area contributed by atoms with Crippen molar-refractivity contribution in [2.75, 3.05) is 0 Å². The van der Waals surface area contributed by atoms with E-state index in [1.807, 2.05) is 0 Å². The van der Waals surface area contributed by atoms with Gasteiger partial charge in [-0.2, -0.15) is 4.98 Å². The van der Waals surface area contributed by atoms with Crippen molar-refractivity contribution in [2.24, 2.45) is 0 Å². The van der Waals surface area contributed by atoms with Gasteiger partial charge in [-0.25, -0.2) is 8.78 Å². The number of hydrogen-bond donors (Lipinski definition) is 2. The minimum atomic E-state index is -0.743. The molecule has 0 saturated heterocycles. The summed E-state index contributed by atoms with van der Waals surface area (Å²) in [5.74, 6) is -1.56. The molecule has 2 amide bonds. The van der Waals surface area contributed by atoms with Gasteiger partial charge >= 0.3 is 0 Å². The van der Waals surface area contributed by atoms with Crippen LogP contribution in [0.15, 0.2) is 53.1 Å². The quantitative estimate of drug-likeness (QED) is 0.635. The molecule has 0 radical (unpaired) electrons. The molecule has 0 aliphatic carbocycles. The lowest BCUT2D eigenvalue weighted by atomic mass is 10.2. The minimum Gasteiger partial charge on any atom is -0.339 e. The number of hydrogen-bond acceptors (Lipinski definition) is 5. The summed E-state index contributed by atoms with van der Waals surface area (Å²) >= 11 is 0. The Morgan fingerprint density at radius 2 is 1.75 bits per heavy atom. The summed E-state index contributed by atoms with van der Waals surface area (Å²) in [5, 5.41) is 3.81. The maximum Gasteiger partial charge on any atom is 0.272 e. The number of hydrazine groups is 1. The van der Waals surface area contributed by atoms with E-state index in [0.717, 1.165) is 6.07 Å². The second-order valence-electron chi connectivity index (χ2n) is 5.85. The van der Waals surface area contributed by atoms with Gasteiger partial charge in [0, 0.05) is 18.4 Å². The van der Waals surface area contributed by atoms with E-state index >= 15 is 0 Å². The van der Waals surface area contributed by atoms with Crippen molar-refractivity contribution >= 4 is 11.8 Å². The number of carbonyl (C=O) groups is 2. The number of rotatable bonds is 6. The van der Waals surface area contributed by atoms with Gasteiger partial charge in [-0.05, 0) is 42.8 Å². The molecule has 0 aliphatic heterocycles. The lowest BCUT2D eigenvalue weighted by molar-refractivity contribution is -0.121. The smallest absolute Gasteiger partial charge is 0.272 e. The van der Waals surface area contributed by atoms with Crippen LogP contribution in [0.2, 0.25) is 0 Å². The summed E-state index contributed by atoms with van der Waals surface area (Å²) in [7, 11) is 0. The summed E-state index contributed by atoms with van der Waals surface area (Å²) < 4.78 is 31.5. The number of aryl methyl sites for hydroxylation is 1. The van der Waals surface area contributed by atoms with Crippen LogP contribution in [0.4, 0.5) is 8.78 Å². The van der Waals surface area contributed by atoms with Crippen LogP contribution >= 0.6 is 0 Å². The van der Waals surface area contributed by atoms with E-state index in [0.29, 0.717) is 30.1 Å². The normalized spacial score (nSPS) is 10.5. The van der Waals surface area contributed by atoms with E-state index < -0.39 is 17.6 Å². The highest BCUT2D eigenvalue weighted by Gasteiger charge is 2.12. The van der Waals surface area contributed by atoms with Gasteiger partial charge in [0.05, 0.1) is 5.56 Å². The standard InChI is InChI=1S/C19H16F2N4O3/c20-13-10-8-12(9-11-13)18-22-17(28-25-18)7-3-6-16(26)23-24-19(27)14-4-1-2-5-15(14)21/h1-2,4-5,8-11H,3,6-7H2,(H,23,26)(H,24,27). The number of aromatic nitrogens is 2. The van der Waals surface area contributed by atoms with Crippen LogP contribution in [0, 0.1) is 11.6 Å². The molecule has 28 heavy (non-hydrogen) atoms. The Hall–Kier alpha value is -3.62. The summed E-state index contributed by atoms with van der Waals surface area (Å²) in [6.45, 7) is 0. The first-order valence-electron chi connectivity index (χ1n) is 8.45. The van der Waals surface area contributed by atoms with Crippen LogP contribution in [-0.2, 0) is 11.2 Å². The average molecular weight is 386 g/mol. The molecule has 3 rings (SSSR count). The lowest BCUT2D eigenvalue weighted by Gasteiger charge is -2.07. The number of halogens is 2. The van der Waals surface area contributed by atoms with Gasteiger partial charge < -0.3 is 4.52 Å². The second kappa shape index (κ2) is 8.85. The Bertz CT molecular complexity index is 973. The summed E-state index contributed by atoms with van der Waals surface area (Å²) in [6.07, 6.45) is 0.834. The third-order valence-electron chi connectivity index (χ3n) is 3.80. The second-order valence-corrected chi connectivity index (χ2v) is 5.85. The van der Waals surface area contributed by atoms with Gasteiger partial charge in [0.1, 0.15) is 11.6 Å². The molecule has 0 aliphatic rings. The van der Waals surface area contributed by atoms with Gasteiger partial charge in [0.25, 0.3) is 5.91 Å². The van der Waals surface area contributed by atoms with Crippen LogP contribution in [0.5, 0.6) is 0 Å². The Labute approximate surface area is 158 Å². The number of amides is 2. The fourth-order valence-corrected chi connectivity index (χ4v) is 2.37. The van der Waals surface area contributed by atoms with Gasteiger partial charge in [-0.15, -0.1) is 0 Å². The molecular formula is C19H16F2N4O3. The first kappa shape index (κ1) is 19.2. The zero-order valence-corrected chi connectivity index (χ0v) is 14.6.